The second-order valence-electron chi connectivity index (χ2n) is 15.8. The van der Waals surface area contributed by atoms with Gasteiger partial charge in [0.2, 0.25) is 6.79 Å². The second kappa shape index (κ2) is 10.2. The van der Waals surface area contributed by atoms with Crippen LogP contribution in [0.2, 0.25) is 0 Å². The molecule has 3 N–H and O–H groups in total. The molecule has 46 heavy (non-hydrogen) atoms. The van der Waals surface area contributed by atoms with Crippen molar-refractivity contribution in [1.29, 1.82) is 0 Å². The number of aliphatic hydroxyl groups excluding tert-OH is 1. The molecule has 4 aliphatic carbocycles. The molecule has 8 rings (SSSR count). The normalized spacial score (nSPS) is 34.6. The maximum atomic E-state index is 14.5. The fraction of sp³-hybridized carbons (Fsp3) is 0.595. The summed E-state index contributed by atoms with van der Waals surface area (Å²) in [5.74, 6) is 1.89. The van der Waals surface area contributed by atoms with Gasteiger partial charge in [-0.3, -0.25) is 0 Å². The third-order valence-electron chi connectivity index (χ3n) is 13.4. The second-order valence-corrected chi connectivity index (χ2v) is 15.8. The summed E-state index contributed by atoms with van der Waals surface area (Å²) >= 11 is 0. The lowest BCUT2D eigenvalue weighted by Crippen LogP contribution is -2.99. The molecular formula is C37H45NO8. The number of quaternary nitrogens is 1. The highest BCUT2D eigenvalue weighted by Gasteiger charge is 2.68. The van der Waals surface area contributed by atoms with Gasteiger partial charge in [0.05, 0.1) is 24.7 Å². The molecule has 1 unspecified atom stereocenters. The zero-order chi connectivity index (χ0) is 32.2. The number of fused-ring (bicyclic) bond motifs is 8. The van der Waals surface area contributed by atoms with E-state index in [-0.39, 0.29) is 46.8 Å². The Bertz CT molecular complexity index is 1750. The van der Waals surface area contributed by atoms with Crippen molar-refractivity contribution in [3.63, 3.8) is 0 Å². The monoisotopic (exact) mass is 631 g/mol. The Hall–Kier alpha value is -3.11. The average Bonchev–Trinajstić information content (AvgIpc) is 3.59. The lowest BCUT2D eigenvalue weighted by molar-refractivity contribution is -0.990. The average molecular weight is 632 g/mol. The van der Waals surface area contributed by atoms with Crippen LogP contribution in [-0.2, 0) is 4.74 Å². The first kappa shape index (κ1) is 30.2. The minimum Gasteiger partial charge on any atom is -0.595 e. The molecule has 9 heteroatoms. The van der Waals surface area contributed by atoms with Gasteiger partial charge in [-0.25, -0.2) is 10.0 Å². The molecule has 0 amide bonds. The first-order valence-electron chi connectivity index (χ1n) is 16.9. The van der Waals surface area contributed by atoms with Gasteiger partial charge in [0, 0.05) is 22.8 Å². The van der Waals surface area contributed by atoms with Crippen molar-refractivity contribution in [3.05, 3.63) is 41.1 Å². The van der Waals surface area contributed by atoms with E-state index in [2.05, 4.69) is 20.8 Å². The molecule has 1 aliphatic heterocycles. The third kappa shape index (κ3) is 4.04. The van der Waals surface area contributed by atoms with Crippen molar-refractivity contribution < 1.29 is 39.3 Å². The van der Waals surface area contributed by atoms with E-state index >= 15 is 0 Å². The number of rotatable bonds is 5. The standard InChI is InChI=1S/C37H45NO8/c1-34(2)12-6-13-35(3)28(34)11-14-36-17-21(9-10-29(35)36)37(18-36,19-39)46-33(40)24-16-27-32(45-20-44-27)31-22-7-5-8-26(43-4)23(22)15-25(30(24)31)38(41)42/h5,7-8,15-16,21,28-29,38-39,41H,6,9-14,17-20H2,1-4H3/t21-,28-,29+,35-,36+,37+/m0/s1. The lowest BCUT2D eigenvalue weighted by Gasteiger charge is -2.63. The molecule has 3 aromatic rings. The Balaban J connectivity index is 1.22. The molecule has 9 nitrogen and oxygen atoms in total. The molecular weight excluding hydrogens is 586 g/mol. The predicted octanol–water partition coefficient (Wildman–Crippen LogP) is 6.45. The summed E-state index contributed by atoms with van der Waals surface area (Å²) in [6.07, 6.45) is 9.65. The van der Waals surface area contributed by atoms with Crippen LogP contribution in [0.3, 0.4) is 0 Å². The summed E-state index contributed by atoms with van der Waals surface area (Å²) in [6.45, 7) is 7.13. The summed E-state index contributed by atoms with van der Waals surface area (Å²) in [6, 6.07) is 8.56. The number of esters is 1. The van der Waals surface area contributed by atoms with Crippen LogP contribution in [0.25, 0.3) is 21.5 Å². The molecule has 2 bridgehead atoms. The van der Waals surface area contributed by atoms with Gasteiger partial charge in [-0.15, -0.1) is 0 Å². The van der Waals surface area contributed by atoms with Crippen molar-refractivity contribution in [2.45, 2.75) is 84.2 Å². The van der Waals surface area contributed by atoms with E-state index in [1.54, 1.807) is 18.2 Å². The van der Waals surface area contributed by atoms with E-state index in [0.29, 0.717) is 57.1 Å². The van der Waals surface area contributed by atoms with Gasteiger partial charge in [-0.2, -0.15) is 5.23 Å². The number of aliphatic hydroxyl groups is 1. The molecule has 1 spiro atoms. The minimum atomic E-state index is -1.18. The zero-order valence-electron chi connectivity index (χ0n) is 27.2. The van der Waals surface area contributed by atoms with Crippen LogP contribution in [0.5, 0.6) is 17.2 Å². The van der Waals surface area contributed by atoms with Crippen LogP contribution in [0.15, 0.2) is 30.3 Å². The van der Waals surface area contributed by atoms with Crippen LogP contribution in [0, 0.1) is 39.2 Å². The van der Waals surface area contributed by atoms with E-state index in [1.165, 1.54) is 32.8 Å². The fourth-order valence-corrected chi connectivity index (χ4v) is 11.7. The molecule has 4 saturated carbocycles. The maximum Gasteiger partial charge on any atom is 0.339 e. The molecule has 246 valence electrons. The first-order chi connectivity index (χ1) is 22.0. The summed E-state index contributed by atoms with van der Waals surface area (Å²) in [4.78, 5) is 14.5. The summed E-state index contributed by atoms with van der Waals surface area (Å²) in [7, 11) is 1.54. The summed E-state index contributed by atoms with van der Waals surface area (Å²) in [5, 5.41) is 35.2. The zero-order valence-corrected chi connectivity index (χ0v) is 27.2. The largest absolute Gasteiger partial charge is 0.595 e. The Morgan fingerprint density at radius 3 is 2.63 bits per heavy atom. The van der Waals surface area contributed by atoms with Crippen molar-refractivity contribution in [1.82, 2.24) is 0 Å². The Labute approximate surface area is 269 Å². The molecule has 0 radical (unpaired) electrons. The number of nitrogens with one attached hydrogen (secondary N) is 1. The van der Waals surface area contributed by atoms with E-state index in [9.17, 15) is 20.3 Å². The Morgan fingerprint density at radius 2 is 1.87 bits per heavy atom. The molecule has 0 saturated heterocycles. The number of carbonyl (C=O) groups excluding carboxylic acids is 1. The van der Waals surface area contributed by atoms with Crippen LogP contribution >= 0.6 is 0 Å². The highest BCUT2D eigenvalue weighted by atomic mass is 16.8. The number of ether oxygens (including phenoxy) is 4. The highest BCUT2D eigenvalue weighted by molar-refractivity contribution is 6.22. The smallest absolute Gasteiger partial charge is 0.339 e. The molecule has 3 aromatic carbocycles. The fourth-order valence-electron chi connectivity index (χ4n) is 11.7. The number of carbonyl (C=O) groups is 1. The van der Waals surface area contributed by atoms with Gasteiger partial charge in [0.15, 0.2) is 17.2 Å². The summed E-state index contributed by atoms with van der Waals surface area (Å²) in [5.41, 5.74) is -0.376. The van der Waals surface area contributed by atoms with Gasteiger partial charge >= 0.3 is 5.97 Å². The van der Waals surface area contributed by atoms with E-state index < -0.39 is 16.8 Å². The van der Waals surface area contributed by atoms with Crippen molar-refractivity contribution in [2.24, 2.45) is 34.0 Å². The van der Waals surface area contributed by atoms with Gasteiger partial charge in [-0.1, -0.05) is 39.3 Å². The third-order valence-corrected chi connectivity index (χ3v) is 13.4. The molecule has 5 aliphatic rings. The summed E-state index contributed by atoms with van der Waals surface area (Å²) < 4.78 is 23.8. The number of hydrogen-bond acceptors (Lipinski definition) is 8. The maximum absolute atomic E-state index is 14.5. The Kier molecular flexibility index (Phi) is 6.70. The topological polar surface area (TPSA) is 122 Å². The predicted molar refractivity (Wildman–Crippen MR) is 171 cm³/mol. The molecule has 7 atom stereocenters. The lowest BCUT2D eigenvalue weighted by atomic mass is 9.41. The number of hydrogen-bond donors (Lipinski definition) is 3. The van der Waals surface area contributed by atoms with Gasteiger partial charge in [0.25, 0.3) is 0 Å². The van der Waals surface area contributed by atoms with Crippen LogP contribution in [0.4, 0.5) is 5.69 Å². The SMILES string of the molecule is COc1cccc2c1cc([NH+]([O-])O)c1c(C(=O)O[C@@]3(CO)C[C@]45CC[C@H]6C(C)(C)CCC[C@]6(C)[C@H]4CC[C@H]3C5)cc3c(c12)OCO3. The van der Waals surface area contributed by atoms with E-state index in [4.69, 9.17) is 18.9 Å². The Morgan fingerprint density at radius 1 is 1.04 bits per heavy atom. The quantitative estimate of drug-likeness (QED) is 0.167. The number of methoxy groups -OCH3 is 1. The van der Waals surface area contributed by atoms with Crippen LogP contribution in [0.1, 0.15) is 88.9 Å². The van der Waals surface area contributed by atoms with E-state index in [0.717, 1.165) is 25.7 Å². The van der Waals surface area contributed by atoms with Gasteiger partial charge < -0.3 is 29.3 Å². The van der Waals surface area contributed by atoms with Gasteiger partial charge in [-0.05, 0) is 97.0 Å². The first-order valence-corrected chi connectivity index (χ1v) is 16.9. The molecule has 1 heterocycles. The van der Waals surface area contributed by atoms with Crippen molar-refractivity contribution >= 4 is 33.2 Å². The van der Waals surface area contributed by atoms with Crippen molar-refractivity contribution in [2.75, 3.05) is 20.5 Å². The van der Waals surface area contributed by atoms with Crippen LogP contribution in [-0.4, -0.2) is 42.4 Å². The van der Waals surface area contributed by atoms with Crippen molar-refractivity contribution in [3.8, 4) is 17.2 Å². The minimum absolute atomic E-state index is 0.0283. The highest BCUT2D eigenvalue weighted by Crippen LogP contribution is 2.73. The number of benzene rings is 3. The molecule has 4 fully saturated rings. The van der Waals surface area contributed by atoms with Crippen LogP contribution < -0.4 is 19.4 Å². The van der Waals surface area contributed by atoms with Gasteiger partial charge in [0.1, 0.15) is 11.4 Å². The van der Waals surface area contributed by atoms with E-state index in [1.807, 2.05) is 12.1 Å². The molecule has 0 aromatic heterocycles.